The number of aliphatic carboxylic acids is 1. The van der Waals surface area contributed by atoms with E-state index < -0.39 is 17.8 Å². The van der Waals surface area contributed by atoms with Crippen LogP contribution in [0.25, 0.3) is 0 Å². The standard InChI is InChI=1S/C16H22ClFN2O2/c1-3-13(16(21)22)19-14-7-8-20(4-2)15(14)10-5-6-11(17)12(18)9-10/h5-6,9,13-15,19H,3-4,7-8H2,1-2H3,(H,21,22). The van der Waals surface area contributed by atoms with Crippen molar-refractivity contribution in [2.45, 2.75) is 44.8 Å². The number of likely N-dealkylation sites (tertiary alicyclic amines) is 1. The lowest BCUT2D eigenvalue weighted by atomic mass is 9.98. The van der Waals surface area contributed by atoms with E-state index in [1.54, 1.807) is 6.07 Å². The molecule has 3 atom stereocenters. The molecule has 2 rings (SSSR count). The van der Waals surface area contributed by atoms with E-state index in [1.165, 1.54) is 6.07 Å². The summed E-state index contributed by atoms with van der Waals surface area (Å²) in [6.45, 7) is 5.58. The van der Waals surface area contributed by atoms with Crippen LogP contribution in [0.2, 0.25) is 5.02 Å². The molecule has 3 unspecified atom stereocenters. The molecule has 122 valence electrons. The molecule has 0 aliphatic carbocycles. The van der Waals surface area contributed by atoms with Gasteiger partial charge in [-0.25, -0.2) is 4.39 Å². The zero-order valence-electron chi connectivity index (χ0n) is 12.9. The second-order valence-corrected chi connectivity index (χ2v) is 6.02. The molecule has 1 fully saturated rings. The van der Waals surface area contributed by atoms with Gasteiger partial charge in [-0.2, -0.15) is 0 Å². The zero-order valence-corrected chi connectivity index (χ0v) is 13.6. The quantitative estimate of drug-likeness (QED) is 0.842. The number of benzene rings is 1. The van der Waals surface area contributed by atoms with E-state index >= 15 is 0 Å². The van der Waals surface area contributed by atoms with E-state index in [2.05, 4.69) is 17.1 Å². The van der Waals surface area contributed by atoms with E-state index in [9.17, 15) is 14.3 Å². The van der Waals surface area contributed by atoms with Gasteiger partial charge < -0.3 is 5.11 Å². The molecule has 1 aliphatic rings. The van der Waals surface area contributed by atoms with Gasteiger partial charge >= 0.3 is 5.97 Å². The Morgan fingerprint density at radius 1 is 1.55 bits per heavy atom. The molecule has 0 saturated carbocycles. The summed E-state index contributed by atoms with van der Waals surface area (Å²) in [4.78, 5) is 13.5. The van der Waals surface area contributed by atoms with Crippen molar-refractivity contribution in [1.82, 2.24) is 10.2 Å². The number of likely N-dealkylation sites (N-methyl/N-ethyl adjacent to an activating group) is 1. The summed E-state index contributed by atoms with van der Waals surface area (Å²) >= 11 is 5.76. The number of nitrogens with one attached hydrogen (secondary N) is 1. The Hall–Kier alpha value is -1.17. The van der Waals surface area contributed by atoms with Crippen LogP contribution in [0, 0.1) is 5.82 Å². The van der Waals surface area contributed by atoms with Gasteiger partial charge in [0, 0.05) is 12.6 Å². The Morgan fingerprint density at radius 2 is 2.27 bits per heavy atom. The molecule has 0 aromatic heterocycles. The maximum Gasteiger partial charge on any atom is 0.320 e. The zero-order chi connectivity index (χ0) is 16.3. The normalized spacial score (nSPS) is 23.6. The third-order valence-corrected chi connectivity index (χ3v) is 4.62. The highest BCUT2D eigenvalue weighted by Crippen LogP contribution is 2.33. The number of hydrogen-bond donors (Lipinski definition) is 2. The Bertz CT molecular complexity index is 541. The maximum absolute atomic E-state index is 13.8. The van der Waals surface area contributed by atoms with Crippen molar-refractivity contribution >= 4 is 17.6 Å². The summed E-state index contributed by atoms with van der Waals surface area (Å²) in [5, 5.41) is 12.6. The highest BCUT2D eigenvalue weighted by molar-refractivity contribution is 6.30. The number of hydrogen-bond acceptors (Lipinski definition) is 3. The Kier molecular flexibility index (Phi) is 5.78. The molecular formula is C16H22ClFN2O2. The summed E-state index contributed by atoms with van der Waals surface area (Å²) in [5.41, 5.74) is 0.832. The first-order chi connectivity index (χ1) is 10.5. The second kappa shape index (κ2) is 7.40. The fraction of sp³-hybridized carbons (Fsp3) is 0.562. The number of carboxylic acid groups (broad SMARTS) is 1. The molecule has 0 bridgehead atoms. The lowest BCUT2D eigenvalue weighted by Crippen LogP contribution is -2.45. The third-order valence-electron chi connectivity index (χ3n) is 4.31. The summed E-state index contributed by atoms with van der Waals surface area (Å²) < 4.78 is 13.8. The molecule has 0 radical (unpaired) electrons. The van der Waals surface area contributed by atoms with Gasteiger partial charge in [0.1, 0.15) is 11.9 Å². The minimum Gasteiger partial charge on any atom is -0.480 e. The van der Waals surface area contributed by atoms with Gasteiger partial charge in [-0.05, 0) is 37.1 Å². The first-order valence-electron chi connectivity index (χ1n) is 7.65. The van der Waals surface area contributed by atoms with Crippen molar-refractivity contribution in [2.24, 2.45) is 0 Å². The van der Waals surface area contributed by atoms with Crippen LogP contribution < -0.4 is 5.32 Å². The molecule has 0 amide bonds. The predicted octanol–water partition coefficient (Wildman–Crippen LogP) is 3.07. The van der Waals surface area contributed by atoms with Crippen LogP contribution >= 0.6 is 11.6 Å². The average molecular weight is 329 g/mol. The summed E-state index contributed by atoms with van der Waals surface area (Å²) in [6.07, 6.45) is 1.35. The van der Waals surface area contributed by atoms with Crippen LogP contribution in [-0.4, -0.2) is 41.1 Å². The summed E-state index contributed by atoms with van der Waals surface area (Å²) in [7, 11) is 0. The van der Waals surface area contributed by atoms with Gasteiger partial charge in [0.15, 0.2) is 0 Å². The minimum atomic E-state index is -0.849. The minimum absolute atomic E-state index is 0.0124. The highest BCUT2D eigenvalue weighted by atomic mass is 35.5. The van der Waals surface area contributed by atoms with Crippen molar-refractivity contribution in [3.63, 3.8) is 0 Å². The predicted molar refractivity (Wildman–Crippen MR) is 84.7 cm³/mol. The Morgan fingerprint density at radius 3 is 2.82 bits per heavy atom. The second-order valence-electron chi connectivity index (χ2n) is 5.61. The average Bonchev–Trinajstić information content (AvgIpc) is 2.90. The molecule has 6 heteroatoms. The molecule has 2 N–H and O–H groups in total. The van der Waals surface area contributed by atoms with Gasteiger partial charge in [-0.3, -0.25) is 15.0 Å². The van der Waals surface area contributed by atoms with Crippen LogP contribution in [0.1, 0.15) is 38.3 Å². The number of carboxylic acids is 1. The first-order valence-corrected chi connectivity index (χ1v) is 8.03. The van der Waals surface area contributed by atoms with Crippen molar-refractivity contribution in [3.8, 4) is 0 Å². The van der Waals surface area contributed by atoms with Crippen molar-refractivity contribution in [3.05, 3.63) is 34.6 Å². The van der Waals surface area contributed by atoms with Gasteiger partial charge in [0.05, 0.1) is 11.1 Å². The molecule has 0 spiro atoms. The fourth-order valence-electron chi connectivity index (χ4n) is 3.15. The van der Waals surface area contributed by atoms with Crippen LogP contribution in [0.4, 0.5) is 4.39 Å². The van der Waals surface area contributed by atoms with Crippen LogP contribution in [0.5, 0.6) is 0 Å². The van der Waals surface area contributed by atoms with Gasteiger partial charge in [-0.1, -0.05) is 31.5 Å². The molecule has 1 heterocycles. The van der Waals surface area contributed by atoms with Crippen molar-refractivity contribution in [1.29, 1.82) is 0 Å². The van der Waals surface area contributed by atoms with E-state index in [4.69, 9.17) is 11.6 Å². The fourth-order valence-corrected chi connectivity index (χ4v) is 3.26. The monoisotopic (exact) mass is 328 g/mol. The number of rotatable bonds is 6. The molecule has 4 nitrogen and oxygen atoms in total. The van der Waals surface area contributed by atoms with Gasteiger partial charge in [0.25, 0.3) is 0 Å². The number of nitrogens with zero attached hydrogens (tertiary/aromatic N) is 1. The van der Waals surface area contributed by atoms with E-state index in [-0.39, 0.29) is 17.1 Å². The lowest BCUT2D eigenvalue weighted by molar-refractivity contribution is -0.139. The molecule has 1 saturated heterocycles. The van der Waals surface area contributed by atoms with E-state index in [0.717, 1.165) is 25.1 Å². The van der Waals surface area contributed by atoms with E-state index in [0.29, 0.717) is 6.42 Å². The molecule has 22 heavy (non-hydrogen) atoms. The molecule has 1 aromatic carbocycles. The van der Waals surface area contributed by atoms with E-state index in [1.807, 2.05) is 13.0 Å². The van der Waals surface area contributed by atoms with Gasteiger partial charge in [-0.15, -0.1) is 0 Å². The summed E-state index contributed by atoms with van der Waals surface area (Å²) in [5.74, 6) is -1.29. The molecule has 1 aliphatic heterocycles. The SMILES string of the molecule is CCC(NC1CCN(CC)C1c1ccc(Cl)c(F)c1)C(=O)O. The van der Waals surface area contributed by atoms with Crippen LogP contribution in [0.15, 0.2) is 18.2 Å². The largest absolute Gasteiger partial charge is 0.480 e. The lowest BCUT2D eigenvalue weighted by Gasteiger charge is -2.30. The van der Waals surface area contributed by atoms with Crippen molar-refractivity contribution < 1.29 is 14.3 Å². The first kappa shape index (κ1) is 17.2. The van der Waals surface area contributed by atoms with Crippen LogP contribution in [-0.2, 0) is 4.79 Å². The summed E-state index contributed by atoms with van der Waals surface area (Å²) in [6, 6.07) is 4.20. The van der Waals surface area contributed by atoms with Gasteiger partial charge in [0.2, 0.25) is 0 Å². The van der Waals surface area contributed by atoms with Crippen molar-refractivity contribution in [2.75, 3.05) is 13.1 Å². The van der Waals surface area contributed by atoms with Crippen LogP contribution in [0.3, 0.4) is 0 Å². The Balaban J connectivity index is 2.25. The smallest absolute Gasteiger partial charge is 0.320 e. The molecular weight excluding hydrogens is 307 g/mol. The highest BCUT2D eigenvalue weighted by Gasteiger charge is 2.36. The molecule has 1 aromatic rings. The number of carbonyl (C=O) groups is 1. The third kappa shape index (κ3) is 3.59. The topological polar surface area (TPSA) is 52.6 Å². The number of halogens is 2. The Labute approximate surface area is 135 Å². The maximum atomic E-state index is 13.8.